The average molecular weight is 396 g/mol. The minimum atomic E-state index is 0.313. The Morgan fingerprint density at radius 2 is 1.72 bits per heavy atom. The Morgan fingerprint density at radius 3 is 2.38 bits per heavy atom. The van der Waals surface area contributed by atoms with Crippen LogP contribution >= 0.6 is 0 Å². The van der Waals surface area contributed by atoms with Crippen LogP contribution in [-0.4, -0.2) is 73.0 Å². The van der Waals surface area contributed by atoms with Crippen LogP contribution in [0.1, 0.15) is 38.7 Å². The molecule has 1 unspecified atom stereocenters. The van der Waals surface area contributed by atoms with E-state index in [1.54, 1.807) is 0 Å². The van der Waals surface area contributed by atoms with Gasteiger partial charge in [0.25, 0.3) is 0 Å². The van der Waals surface area contributed by atoms with Gasteiger partial charge in [-0.1, -0.05) is 56.3 Å². The van der Waals surface area contributed by atoms with Gasteiger partial charge in [0.1, 0.15) is 0 Å². The van der Waals surface area contributed by atoms with Crippen LogP contribution < -0.4 is 0 Å². The average Bonchev–Trinajstić information content (AvgIpc) is 3.44. The molecule has 1 spiro atoms. The van der Waals surface area contributed by atoms with Crippen LogP contribution in [-0.2, 0) is 4.79 Å². The molecule has 1 atom stereocenters. The van der Waals surface area contributed by atoms with Crippen molar-refractivity contribution in [2.24, 2.45) is 17.3 Å². The van der Waals surface area contributed by atoms with Crippen molar-refractivity contribution in [3.63, 3.8) is 0 Å². The summed E-state index contributed by atoms with van der Waals surface area (Å²) in [6.45, 7) is 12.9. The monoisotopic (exact) mass is 395 g/mol. The molecule has 0 radical (unpaired) electrons. The van der Waals surface area contributed by atoms with Crippen molar-refractivity contribution in [3.8, 4) is 0 Å². The summed E-state index contributed by atoms with van der Waals surface area (Å²) in [5.74, 6) is 1.49. The number of benzene rings is 1. The number of carbonyl (C=O) groups is 1. The molecule has 4 nitrogen and oxygen atoms in total. The van der Waals surface area contributed by atoms with E-state index in [4.69, 9.17) is 0 Å². The van der Waals surface area contributed by atoms with Crippen LogP contribution in [0.3, 0.4) is 0 Å². The van der Waals surface area contributed by atoms with E-state index in [1.165, 1.54) is 38.0 Å². The second-order valence-corrected chi connectivity index (χ2v) is 9.75. The van der Waals surface area contributed by atoms with Gasteiger partial charge < -0.3 is 9.80 Å². The molecule has 158 valence electrons. The summed E-state index contributed by atoms with van der Waals surface area (Å²) < 4.78 is 0. The molecule has 0 aromatic heterocycles. The lowest BCUT2D eigenvalue weighted by Gasteiger charge is -2.36. The standard InChI is InChI=1S/C25H37N3O/c1-21(2)20-27-13-10-25(11-14-27)19-23(25)24(29)28-17-15-26(16-18-28)12-6-9-22-7-4-3-5-8-22/h3-9,21,23H,10-20H2,1-2H3/b9-6+. The van der Waals surface area contributed by atoms with Crippen LogP contribution in [0.2, 0.25) is 0 Å². The quantitative estimate of drug-likeness (QED) is 0.736. The second-order valence-electron chi connectivity index (χ2n) is 9.75. The normalized spacial score (nSPS) is 25.2. The summed E-state index contributed by atoms with van der Waals surface area (Å²) in [7, 11) is 0. The van der Waals surface area contributed by atoms with Gasteiger partial charge in [-0.3, -0.25) is 9.69 Å². The topological polar surface area (TPSA) is 26.8 Å². The number of piperazine rings is 1. The number of hydrogen-bond acceptors (Lipinski definition) is 3. The third-order valence-corrected chi connectivity index (χ3v) is 7.12. The molecule has 2 aliphatic heterocycles. The molecule has 4 heteroatoms. The largest absolute Gasteiger partial charge is 0.340 e. The Morgan fingerprint density at radius 1 is 1.03 bits per heavy atom. The maximum atomic E-state index is 13.1. The van der Waals surface area contributed by atoms with Gasteiger partial charge in [0.15, 0.2) is 0 Å². The highest BCUT2D eigenvalue weighted by molar-refractivity contribution is 5.83. The van der Waals surface area contributed by atoms with E-state index in [-0.39, 0.29) is 0 Å². The molecule has 1 amide bonds. The van der Waals surface area contributed by atoms with E-state index in [0.717, 1.165) is 45.1 Å². The third-order valence-electron chi connectivity index (χ3n) is 7.12. The van der Waals surface area contributed by atoms with E-state index in [1.807, 2.05) is 6.07 Å². The third kappa shape index (κ3) is 5.10. The lowest BCUT2D eigenvalue weighted by atomic mass is 9.90. The van der Waals surface area contributed by atoms with Crippen molar-refractivity contribution in [2.45, 2.75) is 33.1 Å². The zero-order valence-corrected chi connectivity index (χ0v) is 18.2. The highest BCUT2D eigenvalue weighted by Crippen LogP contribution is 2.60. The van der Waals surface area contributed by atoms with Gasteiger partial charge in [-0.15, -0.1) is 0 Å². The minimum Gasteiger partial charge on any atom is -0.340 e. The molecule has 3 fully saturated rings. The number of piperidine rings is 1. The van der Waals surface area contributed by atoms with Crippen molar-refractivity contribution in [3.05, 3.63) is 42.0 Å². The fourth-order valence-corrected chi connectivity index (χ4v) is 5.22. The summed E-state index contributed by atoms with van der Waals surface area (Å²) in [6, 6.07) is 10.5. The first-order valence-corrected chi connectivity index (χ1v) is 11.5. The van der Waals surface area contributed by atoms with Crippen molar-refractivity contribution in [2.75, 3.05) is 52.4 Å². The van der Waals surface area contributed by atoms with Crippen LogP contribution in [0.15, 0.2) is 36.4 Å². The van der Waals surface area contributed by atoms with Gasteiger partial charge in [0, 0.05) is 45.2 Å². The summed E-state index contributed by atoms with van der Waals surface area (Å²) in [5.41, 5.74) is 1.60. The fraction of sp³-hybridized carbons (Fsp3) is 0.640. The Hall–Kier alpha value is -1.65. The molecular formula is C25H37N3O. The Balaban J connectivity index is 1.19. The molecule has 0 N–H and O–H groups in total. The summed E-state index contributed by atoms with van der Waals surface area (Å²) in [5, 5.41) is 0. The first-order chi connectivity index (χ1) is 14.1. The Bertz CT molecular complexity index is 698. The van der Waals surface area contributed by atoms with Crippen molar-refractivity contribution in [1.29, 1.82) is 0 Å². The van der Waals surface area contributed by atoms with Gasteiger partial charge in [0.05, 0.1) is 0 Å². The van der Waals surface area contributed by atoms with E-state index in [9.17, 15) is 4.79 Å². The van der Waals surface area contributed by atoms with E-state index < -0.39 is 0 Å². The van der Waals surface area contributed by atoms with E-state index in [0.29, 0.717) is 17.2 Å². The lowest BCUT2D eigenvalue weighted by Crippen LogP contribution is -2.49. The van der Waals surface area contributed by atoms with Gasteiger partial charge in [-0.2, -0.15) is 0 Å². The summed E-state index contributed by atoms with van der Waals surface area (Å²) in [4.78, 5) is 20.3. The Labute approximate surface area is 176 Å². The zero-order chi connectivity index (χ0) is 20.3. The van der Waals surface area contributed by atoms with Gasteiger partial charge in [-0.25, -0.2) is 0 Å². The van der Waals surface area contributed by atoms with Crippen LogP contribution in [0, 0.1) is 17.3 Å². The fourth-order valence-electron chi connectivity index (χ4n) is 5.22. The minimum absolute atomic E-state index is 0.313. The van der Waals surface area contributed by atoms with Gasteiger partial charge >= 0.3 is 0 Å². The summed E-state index contributed by atoms with van der Waals surface area (Å²) in [6.07, 6.45) is 8.02. The van der Waals surface area contributed by atoms with Crippen LogP contribution in [0.25, 0.3) is 6.08 Å². The van der Waals surface area contributed by atoms with E-state index in [2.05, 4.69) is 65.0 Å². The predicted molar refractivity (Wildman–Crippen MR) is 120 cm³/mol. The summed E-state index contributed by atoms with van der Waals surface area (Å²) >= 11 is 0. The number of hydrogen-bond donors (Lipinski definition) is 0. The first-order valence-electron chi connectivity index (χ1n) is 11.5. The van der Waals surface area contributed by atoms with Gasteiger partial charge in [0.2, 0.25) is 5.91 Å². The van der Waals surface area contributed by atoms with E-state index >= 15 is 0 Å². The maximum absolute atomic E-state index is 13.1. The molecule has 3 aliphatic rings. The number of carbonyl (C=O) groups excluding carboxylic acids is 1. The molecule has 0 bridgehead atoms. The highest BCUT2D eigenvalue weighted by atomic mass is 16.2. The smallest absolute Gasteiger partial charge is 0.226 e. The van der Waals surface area contributed by atoms with Crippen molar-refractivity contribution in [1.82, 2.24) is 14.7 Å². The second kappa shape index (κ2) is 9.01. The SMILES string of the molecule is CC(C)CN1CCC2(CC1)CC2C(=O)N1CCN(C/C=C/c2ccccc2)CC1. The molecule has 29 heavy (non-hydrogen) atoms. The number of likely N-dealkylation sites (tertiary alicyclic amines) is 1. The molecule has 2 heterocycles. The number of amides is 1. The van der Waals surface area contributed by atoms with Crippen LogP contribution in [0.4, 0.5) is 0 Å². The molecule has 2 saturated heterocycles. The van der Waals surface area contributed by atoms with Crippen molar-refractivity contribution >= 4 is 12.0 Å². The highest BCUT2D eigenvalue weighted by Gasteiger charge is 2.59. The molecule has 1 aliphatic carbocycles. The molecular weight excluding hydrogens is 358 g/mol. The molecule has 1 aromatic carbocycles. The molecule has 4 rings (SSSR count). The number of rotatable bonds is 6. The lowest BCUT2D eigenvalue weighted by molar-refractivity contribution is -0.135. The first kappa shape index (κ1) is 20.6. The van der Waals surface area contributed by atoms with Gasteiger partial charge in [-0.05, 0) is 49.2 Å². The number of nitrogens with zero attached hydrogens (tertiary/aromatic N) is 3. The predicted octanol–water partition coefficient (Wildman–Crippen LogP) is 3.60. The van der Waals surface area contributed by atoms with Crippen LogP contribution in [0.5, 0.6) is 0 Å². The zero-order valence-electron chi connectivity index (χ0n) is 18.2. The maximum Gasteiger partial charge on any atom is 0.226 e. The van der Waals surface area contributed by atoms with Crippen molar-refractivity contribution < 1.29 is 4.79 Å². The Kier molecular flexibility index (Phi) is 6.41. The molecule has 1 saturated carbocycles. The molecule has 1 aromatic rings.